The zero-order chi connectivity index (χ0) is 30.5. The van der Waals surface area contributed by atoms with Crippen molar-refractivity contribution >= 4 is 54.1 Å². The molecule has 0 aliphatic carbocycles. The van der Waals surface area contributed by atoms with Crippen molar-refractivity contribution in [2.45, 2.75) is 6.54 Å². The van der Waals surface area contributed by atoms with Crippen LogP contribution in [0, 0.1) is 5.82 Å². The van der Waals surface area contributed by atoms with Gasteiger partial charge in [0.25, 0.3) is 5.91 Å². The number of carbonyl (C=O) groups excluding carboxylic acids is 1. The Hall–Kier alpha value is -4.58. The van der Waals surface area contributed by atoms with Crippen LogP contribution in [0.2, 0.25) is 0 Å². The van der Waals surface area contributed by atoms with Gasteiger partial charge in [0, 0.05) is 48.8 Å². The van der Waals surface area contributed by atoms with Gasteiger partial charge in [-0.2, -0.15) is 0 Å². The maximum absolute atomic E-state index is 13.7. The van der Waals surface area contributed by atoms with Crippen LogP contribution < -0.4 is 15.4 Å². The van der Waals surface area contributed by atoms with E-state index in [9.17, 15) is 17.6 Å². The standard InChI is InChI=1S/C32H27FN4O4S2/c1-35-31(38)29-24-15-23(20-5-4-6-21(14-20)32-36-25-12-7-18(17-34)13-28(25)42-32)26(37(2)43(3,39)40)16-27(24)41-30(29)19-8-10-22(33)11-9-19/h4-16H,17,34H2,1-3H3,(H,35,38). The number of amides is 1. The van der Waals surface area contributed by atoms with Crippen LogP contribution in [0.25, 0.3) is 54.2 Å². The molecule has 6 rings (SSSR count). The van der Waals surface area contributed by atoms with Gasteiger partial charge < -0.3 is 15.5 Å². The number of fused-ring (bicyclic) bond motifs is 2. The normalized spacial score (nSPS) is 11.7. The molecule has 0 atom stereocenters. The summed E-state index contributed by atoms with van der Waals surface area (Å²) in [5.41, 5.74) is 11.3. The molecular weight excluding hydrogens is 588 g/mol. The molecule has 0 radical (unpaired) electrons. The monoisotopic (exact) mass is 614 g/mol. The number of furan rings is 1. The molecule has 6 aromatic rings. The number of carbonyl (C=O) groups is 1. The summed E-state index contributed by atoms with van der Waals surface area (Å²) in [5.74, 6) is -0.568. The number of aromatic nitrogens is 1. The van der Waals surface area contributed by atoms with Crippen LogP contribution in [0.5, 0.6) is 0 Å². The number of hydrogen-bond acceptors (Lipinski definition) is 7. The SMILES string of the molecule is CNC(=O)c1c(-c2ccc(F)cc2)oc2cc(N(C)S(C)(=O)=O)c(-c3cccc(-c4nc5ccc(CN)cc5s4)c3)cc12. The van der Waals surface area contributed by atoms with Crippen LogP contribution in [0.4, 0.5) is 10.1 Å². The highest BCUT2D eigenvalue weighted by Crippen LogP contribution is 2.42. The molecule has 2 aromatic heterocycles. The highest BCUT2D eigenvalue weighted by Gasteiger charge is 2.26. The molecule has 0 bridgehead atoms. The van der Waals surface area contributed by atoms with Gasteiger partial charge >= 0.3 is 0 Å². The van der Waals surface area contributed by atoms with Crippen molar-refractivity contribution in [1.29, 1.82) is 0 Å². The van der Waals surface area contributed by atoms with Gasteiger partial charge in [-0.15, -0.1) is 11.3 Å². The molecule has 1 amide bonds. The van der Waals surface area contributed by atoms with Gasteiger partial charge in [-0.25, -0.2) is 17.8 Å². The first-order valence-electron chi connectivity index (χ1n) is 13.3. The third-order valence-electron chi connectivity index (χ3n) is 7.31. The summed E-state index contributed by atoms with van der Waals surface area (Å²) < 4.78 is 47.6. The van der Waals surface area contributed by atoms with E-state index >= 15 is 0 Å². The fraction of sp³-hybridized carbons (Fsp3) is 0.125. The number of hydrogen-bond donors (Lipinski definition) is 2. The summed E-state index contributed by atoms with van der Waals surface area (Å²) in [7, 11) is -0.690. The van der Waals surface area contributed by atoms with Gasteiger partial charge in [-0.05, 0) is 59.7 Å². The Kier molecular flexibility index (Phi) is 7.25. The van der Waals surface area contributed by atoms with Gasteiger partial charge in [0.1, 0.15) is 22.2 Å². The smallest absolute Gasteiger partial charge is 0.255 e. The summed E-state index contributed by atoms with van der Waals surface area (Å²) in [6, 6.07) is 22.6. The number of benzene rings is 4. The second kappa shape index (κ2) is 10.9. The van der Waals surface area contributed by atoms with E-state index in [1.807, 2.05) is 42.5 Å². The summed E-state index contributed by atoms with van der Waals surface area (Å²) in [6.45, 7) is 0.437. The van der Waals surface area contributed by atoms with E-state index < -0.39 is 21.7 Å². The zero-order valence-electron chi connectivity index (χ0n) is 23.5. The molecule has 2 heterocycles. The van der Waals surface area contributed by atoms with Crippen LogP contribution in [-0.4, -0.2) is 39.7 Å². The molecule has 0 spiro atoms. The summed E-state index contributed by atoms with van der Waals surface area (Å²) >= 11 is 1.54. The Morgan fingerprint density at radius 2 is 1.77 bits per heavy atom. The average molecular weight is 615 g/mol. The summed E-state index contributed by atoms with van der Waals surface area (Å²) in [4.78, 5) is 18.0. The van der Waals surface area contributed by atoms with Gasteiger partial charge in [0.2, 0.25) is 10.0 Å². The summed E-state index contributed by atoms with van der Waals surface area (Å²) in [5, 5.41) is 3.95. The number of nitrogens with two attached hydrogens (primary N) is 1. The maximum atomic E-state index is 13.7. The lowest BCUT2D eigenvalue weighted by Crippen LogP contribution is -2.25. The largest absolute Gasteiger partial charge is 0.455 e. The van der Waals surface area contributed by atoms with Crippen molar-refractivity contribution in [1.82, 2.24) is 10.3 Å². The van der Waals surface area contributed by atoms with Crippen LogP contribution in [0.3, 0.4) is 0 Å². The molecule has 4 aromatic carbocycles. The minimum atomic E-state index is -3.67. The molecule has 3 N–H and O–H groups in total. The van der Waals surface area contributed by atoms with Crippen LogP contribution in [0.15, 0.2) is 83.3 Å². The highest BCUT2D eigenvalue weighted by atomic mass is 32.2. The number of anilines is 1. The Morgan fingerprint density at radius 3 is 2.47 bits per heavy atom. The molecule has 11 heteroatoms. The molecule has 0 aliphatic rings. The topological polar surface area (TPSA) is 119 Å². The molecule has 43 heavy (non-hydrogen) atoms. The molecule has 0 saturated heterocycles. The Bertz CT molecular complexity index is 2140. The third kappa shape index (κ3) is 5.27. The fourth-order valence-corrected chi connectivity index (χ4v) is 6.53. The summed E-state index contributed by atoms with van der Waals surface area (Å²) in [6.07, 6.45) is 1.12. The highest BCUT2D eigenvalue weighted by molar-refractivity contribution is 7.92. The van der Waals surface area contributed by atoms with Crippen molar-refractivity contribution in [3.8, 4) is 33.0 Å². The molecule has 0 aliphatic heterocycles. The first-order chi connectivity index (χ1) is 20.6. The second-order valence-electron chi connectivity index (χ2n) is 10.1. The van der Waals surface area contributed by atoms with E-state index in [1.165, 1.54) is 42.7 Å². The van der Waals surface area contributed by atoms with Crippen LogP contribution >= 0.6 is 11.3 Å². The first kappa shape index (κ1) is 28.5. The third-order valence-corrected chi connectivity index (χ3v) is 9.57. The molecular formula is C32H27FN4O4S2. The predicted molar refractivity (Wildman–Crippen MR) is 170 cm³/mol. The average Bonchev–Trinajstić information content (AvgIpc) is 3.60. The fourth-order valence-electron chi connectivity index (χ4n) is 5.00. The van der Waals surface area contributed by atoms with Gasteiger partial charge in [-0.1, -0.05) is 24.3 Å². The molecule has 8 nitrogen and oxygen atoms in total. The van der Waals surface area contributed by atoms with Crippen LogP contribution in [0.1, 0.15) is 15.9 Å². The number of rotatable bonds is 7. The first-order valence-corrected chi connectivity index (χ1v) is 16.0. The van der Waals surface area contributed by atoms with Crippen molar-refractivity contribution in [2.75, 3.05) is 24.7 Å². The van der Waals surface area contributed by atoms with E-state index in [0.717, 1.165) is 38.2 Å². The Labute approximate surface area is 251 Å². The van der Waals surface area contributed by atoms with Crippen molar-refractivity contribution in [2.24, 2.45) is 5.73 Å². The lowest BCUT2D eigenvalue weighted by Gasteiger charge is -2.21. The number of sulfonamides is 1. The number of halogens is 1. The van der Waals surface area contributed by atoms with Gasteiger partial charge in [-0.3, -0.25) is 9.10 Å². The number of nitrogens with one attached hydrogen (secondary N) is 1. The van der Waals surface area contributed by atoms with Crippen molar-refractivity contribution < 1.29 is 22.0 Å². The molecule has 0 unspecified atom stereocenters. The van der Waals surface area contributed by atoms with Crippen molar-refractivity contribution in [3.05, 3.63) is 95.8 Å². The number of thiazole rings is 1. The molecule has 0 fully saturated rings. The van der Waals surface area contributed by atoms with Crippen molar-refractivity contribution in [3.63, 3.8) is 0 Å². The van der Waals surface area contributed by atoms with E-state index in [-0.39, 0.29) is 11.3 Å². The second-order valence-corrected chi connectivity index (χ2v) is 13.1. The lowest BCUT2D eigenvalue weighted by molar-refractivity contribution is 0.0964. The molecule has 0 saturated carbocycles. The maximum Gasteiger partial charge on any atom is 0.255 e. The van der Waals surface area contributed by atoms with Gasteiger partial charge in [0.15, 0.2) is 0 Å². The van der Waals surface area contributed by atoms with E-state index in [4.69, 9.17) is 15.1 Å². The molecule has 218 valence electrons. The lowest BCUT2D eigenvalue weighted by atomic mass is 9.97. The van der Waals surface area contributed by atoms with E-state index in [1.54, 1.807) is 23.5 Å². The minimum Gasteiger partial charge on any atom is -0.455 e. The number of nitrogens with zero attached hydrogens (tertiary/aromatic N) is 2. The minimum absolute atomic E-state index is 0.250. The Morgan fingerprint density at radius 1 is 1.02 bits per heavy atom. The van der Waals surface area contributed by atoms with E-state index in [0.29, 0.717) is 34.3 Å². The predicted octanol–water partition coefficient (Wildman–Crippen LogP) is 6.40. The Balaban J connectivity index is 1.58. The van der Waals surface area contributed by atoms with E-state index in [2.05, 4.69) is 5.32 Å². The zero-order valence-corrected chi connectivity index (χ0v) is 25.1. The van der Waals surface area contributed by atoms with Gasteiger partial charge in [0.05, 0.1) is 27.7 Å². The quantitative estimate of drug-likeness (QED) is 0.215. The van der Waals surface area contributed by atoms with Crippen LogP contribution in [-0.2, 0) is 16.6 Å².